The molecule has 0 saturated heterocycles. The van der Waals surface area contributed by atoms with Crippen LogP contribution in [-0.2, 0) is 11.2 Å². The van der Waals surface area contributed by atoms with E-state index in [-0.39, 0.29) is 18.1 Å². The molecular weight excluding hydrogens is 323 g/mol. The highest BCUT2D eigenvalue weighted by Crippen LogP contribution is 2.32. The number of anilines is 1. The highest BCUT2D eigenvalue weighted by Gasteiger charge is 2.27. The van der Waals surface area contributed by atoms with Gasteiger partial charge in [-0.3, -0.25) is 4.79 Å². The molecule has 2 nitrogen and oxygen atoms in total. The van der Waals surface area contributed by atoms with Crippen LogP contribution < -0.4 is 4.90 Å². The molecule has 120 valence electrons. The van der Waals surface area contributed by atoms with E-state index in [2.05, 4.69) is 0 Å². The Morgan fingerprint density at radius 1 is 1.13 bits per heavy atom. The lowest BCUT2D eigenvalue weighted by atomic mass is 10.1. The Kier molecular flexibility index (Phi) is 4.61. The van der Waals surface area contributed by atoms with Crippen LogP contribution in [0.4, 0.5) is 18.9 Å². The predicted octanol–water partition coefficient (Wildman–Crippen LogP) is 4.18. The number of carbonyl (C=O) groups is 1. The van der Waals surface area contributed by atoms with E-state index in [0.717, 1.165) is 6.07 Å². The van der Waals surface area contributed by atoms with Crippen LogP contribution in [0.5, 0.6) is 0 Å². The van der Waals surface area contributed by atoms with E-state index in [0.29, 0.717) is 34.9 Å². The average Bonchev–Trinajstić information content (AvgIpc) is 2.93. The lowest BCUT2D eigenvalue weighted by Gasteiger charge is -2.17. The van der Waals surface area contributed by atoms with Crippen LogP contribution in [0.2, 0.25) is 0 Å². The van der Waals surface area contributed by atoms with Crippen LogP contribution in [0.1, 0.15) is 12.0 Å². The van der Waals surface area contributed by atoms with Crippen molar-refractivity contribution in [2.45, 2.75) is 17.7 Å². The van der Waals surface area contributed by atoms with Gasteiger partial charge in [-0.2, -0.15) is 0 Å². The third-order valence-electron chi connectivity index (χ3n) is 3.72. The third-order valence-corrected chi connectivity index (χ3v) is 4.77. The molecule has 1 aliphatic heterocycles. The molecule has 0 bridgehead atoms. The number of benzene rings is 2. The Bertz CT molecular complexity index is 751. The summed E-state index contributed by atoms with van der Waals surface area (Å²) in [7, 11) is 0. The number of thioether (sulfide) groups is 1. The first kappa shape index (κ1) is 15.9. The molecule has 0 radical (unpaired) electrons. The first-order valence-corrected chi connectivity index (χ1v) is 8.20. The molecule has 0 atom stereocenters. The summed E-state index contributed by atoms with van der Waals surface area (Å²) >= 11 is 1.25. The summed E-state index contributed by atoms with van der Waals surface area (Å²) < 4.78 is 40.5. The van der Waals surface area contributed by atoms with Crippen LogP contribution in [-0.4, -0.2) is 18.2 Å². The van der Waals surface area contributed by atoms with Gasteiger partial charge in [-0.15, -0.1) is 11.8 Å². The Balaban J connectivity index is 1.64. The normalized spacial score (nSPS) is 13.3. The minimum absolute atomic E-state index is 0.177. The number of nitrogens with zero attached hydrogens (tertiary/aromatic N) is 1. The van der Waals surface area contributed by atoms with Gasteiger partial charge in [-0.05, 0) is 24.6 Å². The van der Waals surface area contributed by atoms with Crippen molar-refractivity contribution in [1.29, 1.82) is 0 Å². The summed E-state index contributed by atoms with van der Waals surface area (Å²) in [5.41, 5.74) is 0.685. The maximum atomic E-state index is 13.7. The van der Waals surface area contributed by atoms with Gasteiger partial charge in [0.1, 0.15) is 17.5 Å². The second-order valence-corrected chi connectivity index (χ2v) is 6.35. The van der Waals surface area contributed by atoms with Crippen molar-refractivity contribution in [2.24, 2.45) is 0 Å². The maximum absolute atomic E-state index is 13.7. The molecule has 2 aromatic rings. The summed E-state index contributed by atoms with van der Waals surface area (Å²) in [5.74, 6) is -1.43. The molecule has 0 unspecified atom stereocenters. The molecule has 2 aromatic carbocycles. The molecule has 0 aromatic heterocycles. The molecule has 1 heterocycles. The van der Waals surface area contributed by atoms with Crippen LogP contribution in [0.3, 0.4) is 0 Å². The van der Waals surface area contributed by atoms with Gasteiger partial charge in [0.05, 0.1) is 5.69 Å². The van der Waals surface area contributed by atoms with E-state index in [4.69, 9.17) is 0 Å². The minimum atomic E-state index is -0.693. The van der Waals surface area contributed by atoms with E-state index in [1.807, 2.05) is 0 Å². The van der Waals surface area contributed by atoms with E-state index in [1.54, 1.807) is 18.2 Å². The lowest BCUT2D eigenvalue weighted by Crippen LogP contribution is -2.29. The number of rotatable bonds is 4. The van der Waals surface area contributed by atoms with Crippen molar-refractivity contribution in [3.63, 3.8) is 0 Å². The van der Waals surface area contributed by atoms with E-state index < -0.39 is 11.6 Å². The first-order valence-electron chi connectivity index (χ1n) is 7.22. The SMILES string of the molecule is O=C(CCSc1ccccc1F)N1CCc2c(F)cc(F)cc21. The first-order chi connectivity index (χ1) is 11.1. The highest BCUT2D eigenvalue weighted by atomic mass is 32.2. The van der Waals surface area contributed by atoms with Crippen molar-refractivity contribution >= 4 is 23.4 Å². The van der Waals surface area contributed by atoms with E-state index in [1.165, 1.54) is 28.8 Å². The second-order valence-electron chi connectivity index (χ2n) is 5.21. The zero-order chi connectivity index (χ0) is 16.4. The van der Waals surface area contributed by atoms with Crippen molar-refractivity contribution < 1.29 is 18.0 Å². The second kappa shape index (κ2) is 6.66. The van der Waals surface area contributed by atoms with Crippen LogP contribution in [0, 0.1) is 17.5 Å². The van der Waals surface area contributed by atoms with Gasteiger partial charge < -0.3 is 4.90 Å². The van der Waals surface area contributed by atoms with Gasteiger partial charge in [0.25, 0.3) is 0 Å². The van der Waals surface area contributed by atoms with Crippen molar-refractivity contribution in [1.82, 2.24) is 0 Å². The molecule has 0 N–H and O–H groups in total. The topological polar surface area (TPSA) is 20.3 Å². The Hall–Kier alpha value is -1.95. The summed E-state index contributed by atoms with van der Waals surface area (Å²) in [6.07, 6.45) is 0.560. The van der Waals surface area contributed by atoms with Crippen LogP contribution in [0.15, 0.2) is 41.3 Å². The lowest BCUT2D eigenvalue weighted by molar-refractivity contribution is -0.118. The van der Waals surface area contributed by atoms with Crippen molar-refractivity contribution in [3.05, 3.63) is 59.4 Å². The largest absolute Gasteiger partial charge is 0.312 e. The minimum Gasteiger partial charge on any atom is -0.312 e. The number of amides is 1. The number of halogens is 3. The molecule has 0 aliphatic carbocycles. The smallest absolute Gasteiger partial charge is 0.227 e. The Morgan fingerprint density at radius 3 is 2.70 bits per heavy atom. The van der Waals surface area contributed by atoms with Crippen molar-refractivity contribution in [3.8, 4) is 0 Å². The molecule has 3 rings (SSSR count). The van der Waals surface area contributed by atoms with Gasteiger partial charge in [-0.1, -0.05) is 12.1 Å². The molecule has 1 amide bonds. The molecule has 23 heavy (non-hydrogen) atoms. The molecule has 0 fully saturated rings. The average molecular weight is 337 g/mol. The molecule has 0 spiro atoms. The number of hydrogen-bond acceptors (Lipinski definition) is 2. The predicted molar refractivity (Wildman–Crippen MR) is 84.2 cm³/mol. The quantitative estimate of drug-likeness (QED) is 0.780. The van der Waals surface area contributed by atoms with Crippen LogP contribution in [0.25, 0.3) is 0 Å². The molecule has 1 aliphatic rings. The van der Waals surface area contributed by atoms with E-state index in [9.17, 15) is 18.0 Å². The highest BCUT2D eigenvalue weighted by molar-refractivity contribution is 7.99. The van der Waals surface area contributed by atoms with Crippen molar-refractivity contribution in [2.75, 3.05) is 17.2 Å². The fraction of sp³-hybridized carbons (Fsp3) is 0.235. The van der Waals surface area contributed by atoms with Gasteiger partial charge >= 0.3 is 0 Å². The molecule has 0 saturated carbocycles. The maximum Gasteiger partial charge on any atom is 0.227 e. The Labute approximate surface area is 136 Å². The van der Waals surface area contributed by atoms with Gasteiger partial charge in [0.15, 0.2) is 0 Å². The molecule has 6 heteroatoms. The molecular formula is C17H14F3NOS. The van der Waals surface area contributed by atoms with E-state index >= 15 is 0 Å². The summed E-state index contributed by atoms with van der Waals surface area (Å²) in [5, 5.41) is 0. The monoisotopic (exact) mass is 337 g/mol. The summed E-state index contributed by atoms with van der Waals surface area (Å²) in [4.78, 5) is 14.2. The summed E-state index contributed by atoms with van der Waals surface area (Å²) in [6, 6.07) is 8.38. The van der Waals surface area contributed by atoms with Gasteiger partial charge in [0, 0.05) is 35.2 Å². The number of hydrogen-bond donors (Lipinski definition) is 0. The summed E-state index contributed by atoms with van der Waals surface area (Å²) in [6.45, 7) is 0.346. The third kappa shape index (κ3) is 3.37. The zero-order valence-corrected chi connectivity index (χ0v) is 13.0. The Morgan fingerprint density at radius 2 is 1.91 bits per heavy atom. The fourth-order valence-corrected chi connectivity index (χ4v) is 3.50. The standard InChI is InChI=1S/C17H14F3NOS/c18-11-9-14(20)12-5-7-21(15(12)10-11)17(22)6-8-23-16-4-2-1-3-13(16)19/h1-4,9-10H,5-8H2. The number of carbonyl (C=O) groups excluding carboxylic acids is 1. The van der Waals surface area contributed by atoms with Gasteiger partial charge in [-0.25, -0.2) is 13.2 Å². The number of fused-ring (bicyclic) bond motifs is 1. The zero-order valence-electron chi connectivity index (χ0n) is 12.2. The van der Waals surface area contributed by atoms with Gasteiger partial charge in [0.2, 0.25) is 5.91 Å². The fourth-order valence-electron chi connectivity index (χ4n) is 2.63. The van der Waals surface area contributed by atoms with Crippen LogP contribution >= 0.6 is 11.8 Å².